The number of methoxy groups -OCH3 is 1. The number of pyridine rings is 1. The van der Waals surface area contributed by atoms with Crippen LogP contribution in [0.1, 0.15) is 15.9 Å². The highest BCUT2D eigenvalue weighted by Crippen LogP contribution is 2.37. The molecule has 0 fully saturated rings. The summed E-state index contributed by atoms with van der Waals surface area (Å²) in [4.78, 5) is 16.3. The van der Waals surface area contributed by atoms with Gasteiger partial charge in [-0.3, -0.25) is 4.79 Å². The second-order valence-corrected chi connectivity index (χ2v) is 9.35. The van der Waals surface area contributed by atoms with Crippen LogP contribution in [0.3, 0.4) is 0 Å². The fourth-order valence-corrected chi connectivity index (χ4v) is 3.59. The summed E-state index contributed by atoms with van der Waals surface area (Å²) in [5, 5.41) is 0.627. The van der Waals surface area contributed by atoms with Crippen molar-refractivity contribution in [3.8, 4) is 28.5 Å². The highest BCUT2D eigenvalue weighted by molar-refractivity contribution is 7.89. The zero-order chi connectivity index (χ0) is 23.6. The number of sulfonamides is 1. The molecule has 32 heavy (non-hydrogen) atoms. The first-order valence-corrected chi connectivity index (χ1v) is 11.6. The van der Waals surface area contributed by atoms with Gasteiger partial charge in [0, 0.05) is 22.3 Å². The minimum Gasteiger partial charge on any atom is -0.496 e. The molecule has 0 atom stereocenters. The van der Waals surface area contributed by atoms with Crippen molar-refractivity contribution < 1.29 is 27.1 Å². The third kappa shape index (κ3) is 5.48. The minimum absolute atomic E-state index is 0.113. The summed E-state index contributed by atoms with van der Waals surface area (Å²) < 4.78 is 49.9. The molecule has 0 spiro atoms. The molecular weight excluding hydrogens is 482 g/mol. The van der Waals surface area contributed by atoms with Gasteiger partial charge in [0.25, 0.3) is 5.91 Å². The Morgan fingerprint density at radius 2 is 1.84 bits per heavy atom. The Hall–Kier alpha value is -2.88. The van der Waals surface area contributed by atoms with Crippen molar-refractivity contribution in [2.45, 2.75) is 6.92 Å². The van der Waals surface area contributed by atoms with E-state index in [2.05, 4.69) is 4.98 Å². The van der Waals surface area contributed by atoms with Gasteiger partial charge >= 0.3 is 0 Å². The standard InChI is InChI=1S/C21H17Cl2FN2O5S/c1-11-4-5-13(22)7-18(11)31-21-16(23)6-12(10-25-21)14-8-17(24)15(9-19(14)30-2)20(27)26-32(3,28)29/h4-10H,1-3H3,(H,26,27). The Labute approximate surface area is 194 Å². The van der Waals surface area contributed by atoms with E-state index < -0.39 is 27.3 Å². The van der Waals surface area contributed by atoms with Gasteiger partial charge in [0.15, 0.2) is 0 Å². The number of rotatable bonds is 6. The lowest BCUT2D eigenvalue weighted by Gasteiger charge is -2.14. The first-order chi connectivity index (χ1) is 15.0. The van der Waals surface area contributed by atoms with E-state index >= 15 is 0 Å². The van der Waals surface area contributed by atoms with Gasteiger partial charge in [0.05, 0.1) is 18.9 Å². The third-order valence-electron chi connectivity index (χ3n) is 4.29. The van der Waals surface area contributed by atoms with Crippen molar-refractivity contribution in [3.63, 3.8) is 0 Å². The number of amides is 1. The number of ether oxygens (including phenoxy) is 2. The lowest BCUT2D eigenvalue weighted by atomic mass is 10.0. The predicted molar refractivity (Wildman–Crippen MR) is 120 cm³/mol. The maximum Gasteiger partial charge on any atom is 0.267 e. The molecule has 0 bridgehead atoms. The van der Waals surface area contributed by atoms with Crippen LogP contribution in [0.25, 0.3) is 11.1 Å². The number of aromatic nitrogens is 1. The number of carbonyl (C=O) groups excluding carboxylic acids is 1. The molecule has 1 aromatic heterocycles. The molecule has 2 aromatic carbocycles. The second kappa shape index (κ2) is 9.32. The number of halogens is 3. The van der Waals surface area contributed by atoms with Gasteiger partial charge in [-0.05, 0) is 42.8 Å². The van der Waals surface area contributed by atoms with Gasteiger partial charge in [0.2, 0.25) is 15.9 Å². The number of hydrogen-bond donors (Lipinski definition) is 1. The summed E-state index contributed by atoms with van der Waals surface area (Å²) >= 11 is 12.3. The number of benzene rings is 2. The van der Waals surface area contributed by atoms with Crippen molar-refractivity contribution in [2.24, 2.45) is 0 Å². The maximum absolute atomic E-state index is 14.6. The van der Waals surface area contributed by atoms with Crippen LogP contribution in [-0.2, 0) is 10.0 Å². The van der Waals surface area contributed by atoms with Crippen molar-refractivity contribution in [1.29, 1.82) is 0 Å². The molecule has 0 saturated heterocycles. The van der Waals surface area contributed by atoms with Crippen LogP contribution in [0, 0.1) is 12.7 Å². The molecule has 0 aliphatic carbocycles. The fraction of sp³-hybridized carbons (Fsp3) is 0.143. The minimum atomic E-state index is -3.87. The molecule has 0 unspecified atom stereocenters. The summed E-state index contributed by atoms with van der Waals surface area (Å²) in [6, 6.07) is 8.76. The molecule has 0 aliphatic heterocycles. The van der Waals surface area contributed by atoms with E-state index in [0.29, 0.717) is 16.3 Å². The van der Waals surface area contributed by atoms with Gasteiger partial charge in [-0.1, -0.05) is 29.3 Å². The molecule has 1 heterocycles. The smallest absolute Gasteiger partial charge is 0.267 e. The number of aryl methyl sites for hydroxylation is 1. The van der Waals surface area contributed by atoms with Crippen LogP contribution in [-0.4, -0.2) is 32.7 Å². The molecule has 3 rings (SSSR count). The van der Waals surface area contributed by atoms with Crippen molar-refractivity contribution >= 4 is 39.1 Å². The quantitative estimate of drug-likeness (QED) is 0.514. The number of nitrogens with zero attached hydrogens (tertiary/aromatic N) is 1. The van der Waals surface area contributed by atoms with Crippen molar-refractivity contribution in [1.82, 2.24) is 9.71 Å². The largest absolute Gasteiger partial charge is 0.496 e. The van der Waals surface area contributed by atoms with E-state index in [4.69, 9.17) is 32.7 Å². The molecule has 1 N–H and O–H groups in total. The Morgan fingerprint density at radius 3 is 2.47 bits per heavy atom. The summed E-state index contributed by atoms with van der Waals surface area (Å²) in [6.45, 7) is 1.84. The number of carbonyl (C=O) groups is 1. The first-order valence-electron chi connectivity index (χ1n) is 8.98. The summed E-state index contributed by atoms with van der Waals surface area (Å²) in [5.74, 6) is -1.37. The maximum atomic E-state index is 14.6. The van der Waals surface area contributed by atoms with Crippen LogP contribution in [0.2, 0.25) is 10.0 Å². The molecule has 168 valence electrons. The fourth-order valence-electron chi connectivity index (χ4n) is 2.78. The molecule has 3 aromatic rings. The van der Waals surface area contributed by atoms with Crippen LogP contribution in [0.4, 0.5) is 4.39 Å². The van der Waals surface area contributed by atoms with E-state index in [9.17, 15) is 17.6 Å². The first kappa shape index (κ1) is 23.8. The van der Waals surface area contributed by atoms with Gasteiger partial charge in [-0.15, -0.1) is 0 Å². The van der Waals surface area contributed by atoms with E-state index in [1.54, 1.807) is 22.9 Å². The lowest BCUT2D eigenvalue weighted by molar-refractivity contribution is 0.0977. The molecule has 1 amide bonds. The van der Waals surface area contributed by atoms with E-state index in [1.165, 1.54) is 19.4 Å². The van der Waals surface area contributed by atoms with Gasteiger partial charge < -0.3 is 9.47 Å². The Morgan fingerprint density at radius 1 is 1.12 bits per heavy atom. The molecule has 7 nitrogen and oxygen atoms in total. The highest BCUT2D eigenvalue weighted by Gasteiger charge is 2.21. The van der Waals surface area contributed by atoms with Crippen LogP contribution < -0.4 is 14.2 Å². The predicted octanol–water partition coefficient (Wildman–Crippen LogP) is 4.99. The van der Waals surface area contributed by atoms with Crippen LogP contribution >= 0.6 is 23.2 Å². The second-order valence-electron chi connectivity index (χ2n) is 6.76. The lowest BCUT2D eigenvalue weighted by Crippen LogP contribution is -2.30. The van der Waals surface area contributed by atoms with E-state index in [0.717, 1.165) is 24.0 Å². The molecule has 0 saturated carbocycles. The third-order valence-corrected chi connectivity index (χ3v) is 5.35. The molecule has 11 heteroatoms. The number of hydrogen-bond acceptors (Lipinski definition) is 6. The normalized spacial score (nSPS) is 11.2. The Bertz CT molecular complexity index is 1320. The molecular formula is C21H17Cl2FN2O5S. The van der Waals surface area contributed by atoms with Crippen LogP contribution in [0.15, 0.2) is 42.6 Å². The molecule has 0 aliphatic rings. The zero-order valence-corrected chi connectivity index (χ0v) is 19.4. The van der Waals surface area contributed by atoms with E-state index in [1.807, 2.05) is 6.92 Å². The average molecular weight is 499 g/mol. The average Bonchev–Trinajstić information content (AvgIpc) is 2.70. The monoisotopic (exact) mass is 498 g/mol. The Balaban J connectivity index is 1.97. The zero-order valence-electron chi connectivity index (χ0n) is 17.1. The van der Waals surface area contributed by atoms with Gasteiger partial charge in [-0.25, -0.2) is 22.5 Å². The summed E-state index contributed by atoms with van der Waals surface area (Å²) in [6.07, 6.45) is 2.19. The summed E-state index contributed by atoms with van der Waals surface area (Å²) in [7, 11) is -2.55. The number of nitrogens with one attached hydrogen (secondary N) is 1. The SMILES string of the molecule is COc1cc(C(=O)NS(C)(=O)=O)c(F)cc1-c1cnc(Oc2cc(Cl)ccc2C)c(Cl)c1. The topological polar surface area (TPSA) is 94.6 Å². The Kier molecular flexibility index (Phi) is 6.92. The van der Waals surface area contributed by atoms with Gasteiger partial charge in [0.1, 0.15) is 22.3 Å². The van der Waals surface area contributed by atoms with E-state index in [-0.39, 0.29) is 22.2 Å². The van der Waals surface area contributed by atoms with Crippen molar-refractivity contribution in [2.75, 3.05) is 13.4 Å². The van der Waals surface area contributed by atoms with Gasteiger partial charge in [-0.2, -0.15) is 0 Å². The summed E-state index contributed by atoms with van der Waals surface area (Å²) in [5.41, 5.74) is 0.964. The van der Waals surface area contributed by atoms with Crippen LogP contribution in [0.5, 0.6) is 17.4 Å². The molecule has 0 radical (unpaired) electrons. The highest BCUT2D eigenvalue weighted by atomic mass is 35.5. The van der Waals surface area contributed by atoms with Crippen molar-refractivity contribution in [3.05, 3.63) is 69.6 Å².